The predicted octanol–water partition coefficient (Wildman–Crippen LogP) is 7.90. The number of aliphatic imine (C=N–C) groups is 3. The highest BCUT2D eigenvalue weighted by molar-refractivity contribution is 6.45. The Hall–Kier alpha value is -4.40. The number of ether oxygens (including phenoxy) is 2. The van der Waals surface area contributed by atoms with E-state index in [1.165, 1.54) is 30.9 Å². The van der Waals surface area contributed by atoms with Crippen LogP contribution in [0.4, 0.5) is 0 Å². The van der Waals surface area contributed by atoms with Gasteiger partial charge in [0.05, 0.1) is 65.1 Å². The van der Waals surface area contributed by atoms with Crippen LogP contribution in [0.3, 0.4) is 0 Å². The smallest absolute Gasteiger partial charge is 0.335 e. The molecule has 8 bridgehead atoms. The van der Waals surface area contributed by atoms with Gasteiger partial charge in [0, 0.05) is 29.9 Å². The summed E-state index contributed by atoms with van der Waals surface area (Å²) in [7, 11) is 2.69. The predicted molar refractivity (Wildman–Crippen MR) is 202 cm³/mol. The molecule has 4 aliphatic heterocycles. The molecule has 0 radical (unpaired) electrons. The van der Waals surface area contributed by atoms with Gasteiger partial charge in [-0.15, -0.1) is 0 Å². The van der Waals surface area contributed by atoms with Crippen molar-refractivity contribution in [3.05, 3.63) is 73.9 Å². The normalized spacial score (nSPS) is 23.7. The minimum Gasteiger partial charge on any atom is -0.466 e. The van der Waals surface area contributed by atoms with E-state index in [0.29, 0.717) is 43.5 Å². The molecular weight excluding hydrogens is 640 g/mol. The highest BCUT2D eigenvalue weighted by Crippen LogP contribution is 2.56. The molecule has 270 valence electrons. The van der Waals surface area contributed by atoms with Gasteiger partial charge in [-0.3, -0.25) is 19.8 Å². The number of Topliss-reactive ketones (excluding diaryl/α,β-unsaturated/α-hetero) is 1. The van der Waals surface area contributed by atoms with Crippen LogP contribution in [0, 0.1) is 10.8 Å². The first-order valence-corrected chi connectivity index (χ1v) is 18.8. The van der Waals surface area contributed by atoms with Gasteiger partial charge < -0.3 is 14.5 Å². The summed E-state index contributed by atoms with van der Waals surface area (Å²) in [6.45, 7) is 14.8. The number of fused-ring (bicyclic) bond motifs is 8. The van der Waals surface area contributed by atoms with Crippen LogP contribution in [0.15, 0.2) is 66.4 Å². The molecule has 1 aliphatic carbocycles. The van der Waals surface area contributed by atoms with Crippen molar-refractivity contribution >= 4 is 40.9 Å². The fraction of sp³-hybridized carbons (Fsp3) is 0.524. The molecule has 0 aromatic carbocycles. The first-order chi connectivity index (χ1) is 24.6. The van der Waals surface area contributed by atoms with E-state index in [0.717, 1.165) is 65.3 Å². The second kappa shape index (κ2) is 14.0. The summed E-state index contributed by atoms with van der Waals surface area (Å²) < 4.78 is 10.6. The van der Waals surface area contributed by atoms with Crippen molar-refractivity contribution in [3.63, 3.8) is 0 Å². The van der Waals surface area contributed by atoms with Crippen molar-refractivity contribution in [1.82, 2.24) is 4.98 Å². The molecule has 0 spiro atoms. The van der Waals surface area contributed by atoms with E-state index in [9.17, 15) is 14.4 Å². The molecule has 6 rings (SSSR count). The van der Waals surface area contributed by atoms with E-state index in [-0.39, 0.29) is 29.4 Å². The number of esters is 2. The van der Waals surface area contributed by atoms with Gasteiger partial charge >= 0.3 is 11.9 Å². The quantitative estimate of drug-likeness (QED) is 0.264. The second-order valence-electron chi connectivity index (χ2n) is 14.0. The van der Waals surface area contributed by atoms with Crippen LogP contribution < -0.4 is 0 Å². The van der Waals surface area contributed by atoms with Gasteiger partial charge in [-0.05, 0) is 91.4 Å². The van der Waals surface area contributed by atoms with E-state index < -0.39 is 22.8 Å². The van der Waals surface area contributed by atoms with Crippen LogP contribution in [0.2, 0.25) is 0 Å². The molecule has 9 nitrogen and oxygen atoms in total. The van der Waals surface area contributed by atoms with Crippen LogP contribution in [0.1, 0.15) is 116 Å². The number of carbonyl (C=O) groups is 3. The fourth-order valence-electron chi connectivity index (χ4n) is 9.50. The van der Waals surface area contributed by atoms with Gasteiger partial charge in [0.2, 0.25) is 0 Å². The lowest BCUT2D eigenvalue weighted by molar-refractivity contribution is -0.140. The largest absolute Gasteiger partial charge is 0.466 e. The third-order valence-corrected chi connectivity index (χ3v) is 12.1. The molecule has 9 heteroatoms. The number of methoxy groups -OCH3 is 2. The number of carbonyl (C=O) groups excluding carboxylic acids is 3. The Balaban J connectivity index is 1.68. The van der Waals surface area contributed by atoms with Gasteiger partial charge in [-0.1, -0.05) is 54.5 Å². The summed E-state index contributed by atoms with van der Waals surface area (Å²) in [6.07, 6.45) is 12.3. The molecule has 0 amide bonds. The van der Waals surface area contributed by atoms with Crippen molar-refractivity contribution in [2.75, 3.05) is 14.2 Å². The summed E-state index contributed by atoms with van der Waals surface area (Å²) in [4.78, 5) is 61.2. The Morgan fingerprint density at radius 2 is 1.51 bits per heavy atom. The maximum Gasteiger partial charge on any atom is 0.335 e. The standard InChI is InChI=1S/C42H52N4O5/c1-10-23-25(12-3)31-21-35-41(14-5,15-6)38(47)34(46-35)20-30-24(11-2)26(13-4)32(44-30)22-36-42(16-7)28(33(45-36)19-29(23)43-31)18-17-27(39(48)50-8)37(42)40(49)51-9/h18,21-22,31,44H,10-17,19-20H2,1-9H3. The lowest BCUT2D eigenvalue weighted by Gasteiger charge is -2.36. The van der Waals surface area contributed by atoms with Crippen molar-refractivity contribution in [2.45, 2.75) is 119 Å². The second-order valence-corrected chi connectivity index (χ2v) is 14.0. The zero-order valence-electron chi connectivity index (χ0n) is 31.8. The zero-order chi connectivity index (χ0) is 36.8. The van der Waals surface area contributed by atoms with Crippen LogP contribution >= 0.6 is 0 Å². The monoisotopic (exact) mass is 692 g/mol. The lowest BCUT2D eigenvalue weighted by atomic mass is 9.64. The Kier molecular flexibility index (Phi) is 9.96. The molecule has 2 unspecified atom stereocenters. The lowest BCUT2D eigenvalue weighted by Crippen LogP contribution is -2.36. The number of aromatic amines is 1. The summed E-state index contributed by atoms with van der Waals surface area (Å²) in [5.41, 5.74) is 10.3. The van der Waals surface area contributed by atoms with Crippen LogP contribution in [-0.2, 0) is 43.1 Å². The minimum atomic E-state index is -1.04. The van der Waals surface area contributed by atoms with E-state index >= 15 is 0 Å². The summed E-state index contributed by atoms with van der Waals surface area (Å²) in [5, 5.41) is 0. The molecular formula is C42H52N4O5. The Bertz CT molecular complexity index is 1950. The zero-order valence-corrected chi connectivity index (χ0v) is 31.8. The number of allylic oxidation sites excluding steroid dienone is 4. The van der Waals surface area contributed by atoms with E-state index in [4.69, 9.17) is 24.5 Å². The average molecular weight is 693 g/mol. The summed E-state index contributed by atoms with van der Waals surface area (Å²) in [5.74, 6) is -1.01. The average Bonchev–Trinajstić information content (AvgIpc) is 3.84. The van der Waals surface area contributed by atoms with Crippen LogP contribution in [-0.4, -0.2) is 60.1 Å². The maximum atomic E-state index is 14.4. The van der Waals surface area contributed by atoms with Crippen molar-refractivity contribution in [2.24, 2.45) is 25.8 Å². The molecule has 2 atom stereocenters. The highest BCUT2D eigenvalue weighted by atomic mass is 16.5. The Morgan fingerprint density at radius 1 is 0.824 bits per heavy atom. The molecule has 5 heterocycles. The number of rotatable bonds is 9. The fourth-order valence-corrected chi connectivity index (χ4v) is 9.50. The number of nitrogens with one attached hydrogen (secondary N) is 1. The topological polar surface area (TPSA) is 123 Å². The number of hydrogen-bond donors (Lipinski definition) is 1. The van der Waals surface area contributed by atoms with Crippen molar-refractivity contribution < 1.29 is 23.9 Å². The van der Waals surface area contributed by atoms with Crippen LogP contribution in [0.5, 0.6) is 0 Å². The van der Waals surface area contributed by atoms with Gasteiger partial charge in [0.25, 0.3) is 0 Å². The van der Waals surface area contributed by atoms with E-state index in [1.807, 2.05) is 6.92 Å². The highest BCUT2D eigenvalue weighted by Gasteiger charge is 2.54. The number of hydrogen-bond acceptors (Lipinski definition) is 8. The SMILES string of the molecule is CCC1=C(CC)C2C=C3N=C(Cc4[nH]c(c(CC)c4CC)C=C4N=C(CC1=N2)C1=CCC(C(=O)OC)=C(C(=O)OC)C41CC)C(=O)C3(CC)CC. The number of nitrogens with zero attached hydrogens (tertiary/aromatic N) is 3. The third-order valence-electron chi connectivity index (χ3n) is 12.1. The molecule has 1 aromatic rings. The van der Waals surface area contributed by atoms with E-state index in [2.05, 4.69) is 64.8 Å². The van der Waals surface area contributed by atoms with Crippen molar-refractivity contribution in [3.8, 4) is 0 Å². The molecule has 0 fully saturated rings. The van der Waals surface area contributed by atoms with Crippen LogP contribution in [0.25, 0.3) is 6.08 Å². The molecule has 1 aromatic heterocycles. The Labute approximate surface area is 301 Å². The molecule has 0 saturated heterocycles. The number of aromatic nitrogens is 1. The van der Waals surface area contributed by atoms with Gasteiger partial charge in [-0.2, -0.15) is 0 Å². The maximum absolute atomic E-state index is 14.4. The molecule has 5 aliphatic rings. The summed E-state index contributed by atoms with van der Waals surface area (Å²) >= 11 is 0. The molecule has 0 saturated carbocycles. The van der Waals surface area contributed by atoms with Gasteiger partial charge in [-0.25, -0.2) is 9.59 Å². The molecule has 51 heavy (non-hydrogen) atoms. The van der Waals surface area contributed by atoms with E-state index in [1.54, 1.807) is 0 Å². The van der Waals surface area contributed by atoms with Crippen molar-refractivity contribution in [1.29, 1.82) is 0 Å². The first-order valence-electron chi connectivity index (χ1n) is 18.8. The third kappa shape index (κ3) is 5.32. The minimum absolute atomic E-state index is 0.104. The number of H-pyrrole nitrogens is 1. The van der Waals surface area contributed by atoms with Gasteiger partial charge in [0.15, 0.2) is 5.78 Å². The summed E-state index contributed by atoms with van der Waals surface area (Å²) in [6, 6.07) is -0.226. The first kappa shape index (κ1) is 36.4. The molecule has 1 N–H and O–H groups in total. The van der Waals surface area contributed by atoms with Gasteiger partial charge in [0.1, 0.15) is 0 Å². The number of ketones is 1. The Morgan fingerprint density at radius 3 is 2.10 bits per heavy atom.